The number of amides is 1. The number of carbonyl (C=O) groups is 1. The highest BCUT2D eigenvalue weighted by Gasteiger charge is 2.34. The van der Waals surface area contributed by atoms with Gasteiger partial charge in [-0.1, -0.05) is 35.1 Å². The van der Waals surface area contributed by atoms with Crippen molar-refractivity contribution in [3.8, 4) is 0 Å². The summed E-state index contributed by atoms with van der Waals surface area (Å²) in [6.07, 6.45) is 3.41. The van der Waals surface area contributed by atoms with Crippen LogP contribution in [0.1, 0.15) is 43.8 Å². The van der Waals surface area contributed by atoms with Gasteiger partial charge in [-0.05, 0) is 75.4 Å². The standard InChI is InChI=1S/C28H26ClN5O3S2/c1-5-33(6-2)26(36)23-17(4)32-28-34(24(23)18-7-9-19(29)10-8-18)25(35)21(38-28)15-20-11-12-22(37-20)39-27-30-14-13-16(3)31-27/h7-15,24H,5-6H2,1-4H3/b21-15-/t24-/m0/s1. The average molecular weight is 580 g/mol. The maximum absolute atomic E-state index is 13.8. The van der Waals surface area contributed by atoms with Crippen LogP contribution in [-0.2, 0) is 4.79 Å². The normalized spacial score (nSPS) is 15.3. The molecule has 1 amide bonds. The Labute approximate surface area is 238 Å². The zero-order valence-electron chi connectivity index (χ0n) is 21.8. The number of hydrogen-bond donors (Lipinski definition) is 0. The van der Waals surface area contributed by atoms with Crippen molar-refractivity contribution < 1.29 is 9.21 Å². The lowest BCUT2D eigenvalue weighted by Crippen LogP contribution is -2.43. The number of nitrogens with zero attached hydrogens (tertiary/aromatic N) is 5. The molecule has 0 fully saturated rings. The van der Waals surface area contributed by atoms with Crippen LogP contribution in [0.25, 0.3) is 6.08 Å². The molecule has 1 aliphatic heterocycles. The number of benzene rings is 1. The lowest BCUT2D eigenvalue weighted by Gasteiger charge is -2.29. The van der Waals surface area contributed by atoms with E-state index in [2.05, 4.69) is 9.97 Å². The maximum Gasteiger partial charge on any atom is 0.271 e. The summed E-state index contributed by atoms with van der Waals surface area (Å²) in [5.74, 6) is 0.384. The minimum Gasteiger partial charge on any atom is -0.450 e. The van der Waals surface area contributed by atoms with E-state index in [9.17, 15) is 9.59 Å². The summed E-state index contributed by atoms with van der Waals surface area (Å²) >= 11 is 8.73. The minimum absolute atomic E-state index is 0.137. The van der Waals surface area contributed by atoms with Crippen molar-refractivity contribution in [2.45, 2.75) is 44.0 Å². The molecule has 5 rings (SSSR count). The minimum atomic E-state index is -0.630. The van der Waals surface area contributed by atoms with Crippen molar-refractivity contribution in [3.63, 3.8) is 0 Å². The van der Waals surface area contributed by atoms with Crippen molar-refractivity contribution in [1.82, 2.24) is 19.4 Å². The quantitative estimate of drug-likeness (QED) is 0.297. The Kier molecular flexibility index (Phi) is 7.88. The molecule has 11 heteroatoms. The first-order valence-corrected chi connectivity index (χ1v) is 14.4. The third-order valence-electron chi connectivity index (χ3n) is 6.33. The molecule has 4 heterocycles. The highest BCUT2D eigenvalue weighted by atomic mass is 35.5. The number of likely N-dealkylation sites (N-methyl/N-ethyl adjacent to an activating group) is 1. The summed E-state index contributed by atoms with van der Waals surface area (Å²) in [4.78, 5) is 43.1. The van der Waals surface area contributed by atoms with Gasteiger partial charge in [-0.3, -0.25) is 14.2 Å². The van der Waals surface area contributed by atoms with Gasteiger partial charge in [0.2, 0.25) is 0 Å². The van der Waals surface area contributed by atoms with Gasteiger partial charge in [0.1, 0.15) is 5.76 Å². The smallest absolute Gasteiger partial charge is 0.271 e. The lowest BCUT2D eigenvalue weighted by atomic mass is 9.94. The first kappa shape index (κ1) is 27.1. The Hall–Kier alpha value is -3.47. The third-order valence-corrected chi connectivity index (χ3v) is 8.36. The predicted molar refractivity (Wildman–Crippen MR) is 153 cm³/mol. The van der Waals surface area contributed by atoms with Crippen LogP contribution in [0.2, 0.25) is 5.02 Å². The molecule has 0 saturated carbocycles. The highest BCUT2D eigenvalue weighted by molar-refractivity contribution is 7.99. The SMILES string of the molecule is CCN(CC)C(=O)C1=C(C)N=c2s/c(=C\c3ccc(Sc4nccc(C)n4)o3)c(=O)n2[C@H]1c1ccc(Cl)cc1. The Bertz CT molecular complexity index is 1750. The van der Waals surface area contributed by atoms with Gasteiger partial charge in [0.15, 0.2) is 15.1 Å². The number of fused-ring (bicyclic) bond motifs is 1. The molecule has 4 aromatic rings. The van der Waals surface area contributed by atoms with E-state index in [1.54, 1.807) is 39.9 Å². The molecule has 39 heavy (non-hydrogen) atoms. The Morgan fingerprint density at radius 2 is 1.90 bits per heavy atom. The molecule has 3 aromatic heterocycles. The van der Waals surface area contributed by atoms with Crippen LogP contribution in [0.5, 0.6) is 0 Å². The number of aromatic nitrogens is 3. The van der Waals surface area contributed by atoms with Gasteiger partial charge in [0.25, 0.3) is 11.5 Å². The van der Waals surface area contributed by atoms with Crippen LogP contribution in [-0.4, -0.2) is 38.4 Å². The van der Waals surface area contributed by atoms with E-state index in [-0.39, 0.29) is 11.5 Å². The van der Waals surface area contributed by atoms with E-state index in [0.717, 1.165) is 11.3 Å². The molecule has 1 atom stereocenters. The number of halogens is 1. The van der Waals surface area contributed by atoms with E-state index >= 15 is 0 Å². The largest absolute Gasteiger partial charge is 0.450 e. The fourth-order valence-corrected chi connectivity index (χ4v) is 6.31. The first-order valence-electron chi connectivity index (χ1n) is 12.4. The van der Waals surface area contributed by atoms with Crippen molar-refractivity contribution >= 4 is 46.7 Å². The van der Waals surface area contributed by atoms with Gasteiger partial charge >= 0.3 is 0 Å². The van der Waals surface area contributed by atoms with Gasteiger partial charge in [-0.25, -0.2) is 15.0 Å². The summed E-state index contributed by atoms with van der Waals surface area (Å²) in [7, 11) is 0. The molecule has 0 bridgehead atoms. The average Bonchev–Trinajstić information content (AvgIpc) is 3.47. The summed E-state index contributed by atoms with van der Waals surface area (Å²) in [5, 5.41) is 1.77. The third kappa shape index (κ3) is 5.50. The molecule has 0 aliphatic carbocycles. The molecular formula is C28H26ClN5O3S2. The second-order valence-electron chi connectivity index (χ2n) is 8.85. The van der Waals surface area contributed by atoms with Gasteiger partial charge in [0.05, 0.1) is 21.8 Å². The van der Waals surface area contributed by atoms with Crippen LogP contribution in [0.4, 0.5) is 0 Å². The number of allylic oxidation sites excluding steroid dienone is 1. The number of thiazole rings is 1. The molecule has 0 radical (unpaired) electrons. The fraction of sp³-hybridized carbons (Fsp3) is 0.250. The summed E-state index contributed by atoms with van der Waals surface area (Å²) in [6, 6.07) is 12.0. The fourth-order valence-electron chi connectivity index (χ4n) is 4.40. The molecule has 200 valence electrons. The molecule has 0 unspecified atom stereocenters. The summed E-state index contributed by atoms with van der Waals surface area (Å²) in [6.45, 7) is 8.70. The zero-order valence-corrected chi connectivity index (χ0v) is 24.2. The molecular weight excluding hydrogens is 554 g/mol. The van der Waals surface area contributed by atoms with E-state index < -0.39 is 6.04 Å². The maximum atomic E-state index is 13.8. The van der Waals surface area contributed by atoms with Crippen molar-refractivity contribution in [3.05, 3.63) is 102 Å². The van der Waals surface area contributed by atoms with Crippen molar-refractivity contribution in [1.29, 1.82) is 0 Å². The van der Waals surface area contributed by atoms with Gasteiger partial charge in [-0.2, -0.15) is 0 Å². The molecule has 0 N–H and O–H groups in total. The number of hydrogen-bond acceptors (Lipinski definition) is 8. The van der Waals surface area contributed by atoms with E-state index in [1.165, 1.54) is 23.1 Å². The number of carbonyl (C=O) groups excluding carboxylic acids is 1. The van der Waals surface area contributed by atoms with E-state index in [0.29, 0.717) is 54.7 Å². The van der Waals surface area contributed by atoms with Crippen LogP contribution in [0, 0.1) is 6.92 Å². The monoisotopic (exact) mass is 579 g/mol. The van der Waals surface area contributed by atoms with Crippen molar-refractivity contribution in [2.24, 2.45) is 4.99 Å². The van der Waals surface area contributed by atoms with Crippen LogP contribution >= 0.6 is 34.7 Å². The summed E-state index contributed by atoms with van der Waals surface area (Å²) in [5.41, 5.74) is 2.48. The number of furan rings is 1. The highest BCUT2D eigenvalue weighted by Crippen LogP contribution is 2.32. The van der Waals surface area contributed by atoms with Gasteiger partial charge in [-0.15, -0.1) is 0 Å². The predicted octanol–water partition coefficient (Wildman–Crippen LogP) is 4.60. The Morgan fingerprint density at radius 1 is 1.15 bits per heavy atom. The van der Waals surface area contributed by atoms with E-state index in [1.807, 2.05) is 52.0 Å². The second kappa shape index (κ2) is 11.3. The number of aryl methyl sites for hydroxylation is 1. The van der Waals surface area contributed by atoms with E-state index in [4.69, 9.17) is 21.0 Å². The first-order chi connectivity index (χ1) is 18.8. The Morgan fingerprint density at radius 3 is 2.59 bits per heavy atom. The van der Waals surface area contributed by atoms with Crippen LogP contribution in [0.15, 0.2) is 84.4 Å². The van der Waals surface area contributed by atoms with Crippen LogP contribution in [0.3, 0.4) is 0 Å². The van der Waals surface area contributed by atoms with Gasteiger partial charge < -0.3 is 9.32 Å². The summed E-state index contributed by atoms with van der Waals surface area (Å²) < 4.78 is 8.01. The van der Waals surface area contributed by atoms with Crippen LogP contribution < -0.4 is 14.9 Å². The lowest BCUT2D eigenvalue weighted by molar-refractivity contribution is -0.127. The van der Waals surface area contributed by atoms with Gasteiger partial charge in [0, 0.05) is 36.1 Å². The molecule has 0 saturated heterocycles. The topological polar surface area (TPSA) is 93.6 Å². The van der Waals surface area contributed by atoms with Crippen molar-refractivity contribution in [2.75, 3.05) is 13.1 Å². The second-order valence-corrected chi connectivity index (χ2v) is 11.3. The zero-order chi connectivity index (χ0) is 27.7. The molecule has 1 aliphatic rings. The number of rotatable bonds is 7. The Balaban J connectivity index is 1.59. The molecule has 1 aromatic carbocycles. The molecule has 0 spiro atoms. The molecule has 8 nitrogen and oxygen atoms in total.